The molecule has 0 unspecified atom stereocenters. The first-order valence-electron chi connectivity index (χ1n) is 7.53. The van der Waals surface area contributed by atoms with Gasteiger partial charge < -0.3 is 5.32 Å². The third-order valence-electron chi connectivity index (χ3n) is 3.68. The lowest BCUT2D eigenvalue weighted by atomic mass is 10.2. The van der Waals surface area contributed by atoms with Gasteiger partial charge in [0, 0.05) is 29.9 Å². The van der Waals surface area contributed by atoms with Gasteiger partial charge >= 0.3 is 6.18 Å². The summed E-state index contributed by atoms with van der Waals surface area (Å²) in [4.78, 5) is 12.1. The molecule has 1 N–H and O–H groups in total. The van der Waals surface area contributed by atoms with Gasteiger partial charge in [0.2, 0.25) is 0 Å². The molecule has 0 aliphatic heterocycles. The summed E-state index contributed by atoms with van der Waals surface area (Å²) in [6.45, 7) is 0.0170. The van der Waals surface area contributed by atoms with Crippen molar-refractivity contribution in [2.75, 3.05) is 5.32 Å². The predicted molar refractivity (Wildman–Crippen MR) is 88.9 cm³/mol. The van der Waals surface area contributed by atoms with Crippen LogP contribution in [0.25, 0.3) is 0 Å². The topological polar surface area (TPSA) is 64.7 Å². The fourth-order valence-corrected chi connectivity index (χ4v) is 2.62. The molecule has 0 bridgehead atoms. The highest BCUT2D eigenvalue weighted by Gasteiger charge is 2.35. The summed E-state index contributed by atoms with van der Waals surface area (Å²) in [7, 11) is 1.09. The normalized spacial score (nSPS) is 11.6. The zero-order valence-electron chi connectivity index (χ0n) is 13.8. The average Bonchev–Trinajstić information content (AvgIpc) is 3.17. The average molecular weight is 402 g/mol. The second kappa shape index (κ2) is 7.03. The summed E-state index contributed by atoms with van der Waals surface area (Å²) >= 11 is 5.95. The molecule has 0 saturated carbocycles. The maximum atomic E-state index is 13.8. The lowest BCUT2D eigenvalue weighted by Crippen LogP contribution is -2.12. The first-order chi connectivity index (χ1) is 12.6. The Morgan fingerprint density at radius 2 is 2.07 bits per heavy atom. The number of rotatable bonds is 4. The van der Waals surface area contributed by atoms with Gasteiger partial charge in [0.25, 0.3) is 5.91 Å². The molecule has 142 valence electrons. The Bertz CT molecular complexity index is 975. The maximum absolute atomic E-state index is 13.8. The van der Waals surface area contributed by atoms with E-state index in [4.69, 9.17) is 11.6 Å². The summed E-state index contributed by atoms with van der Waals surface area (Å²) in [5.41, 5.74) is -1.00. The van der Waals surface area contributed by atoms with Gasteiger partial charge in [-0.05, 0) is 12.1 Å². The summed E-state index contributed by atoms with van der Waals surface area (Å²) in [5.74, 6) is -1.33. The van der Waals surface area contributed by atoms with Gasteiger partial charge in [-0.15, -0.1) is 0 Å². The molecule has 0 aliphatic rings. The Morgan fingerprint density at radius 3 is 2.70 bits per heavy atom. The predicted octanol–water partition coefficient (Wildman–Crippen LogP) is 3.73. The van der Waals surface area contributed by atoms with Crippen molar-refractivity contribution in [1.82, 2.24) is 19.6 Å². The molecular weight excluding hydrogens is 390 g/mol. The minimum Gasteiger partial charge on any atom is -0.318 e. The number of carbonyl (C=O) groups excluding carboxylic acids is 1. The molecule has 3 rings (SSSR count). The molecule has 0 atom stereocenters. The van der Waals surface area contributed by atoms with Crippen LogP contribution in [-0.4, -0.2) is 25.5 Å². The Hall–Kier alpha value is -2.88. The highest BCUT2D eigenvalue weighted by molar-refractivity contribution is 6.31. The molecule has 6 nitrogen and oxygen atoms in total. The Morgan fingerprint density at radius 1 is 1.33 bits per heavy atom. The molecule has 0 saturated heterocycles. The van der Waals surface area contributed by atoms with Crippen LogP contribution in [0.4, 0.5) is 23.2 Å². The van der Waals surface area contributed by atoms with Crippen LogP contribution in [-0.2, 0) is 19.8 Å². The molecule has 2 aromatic heterocycles. The van der Waals surface area contributed by atoms with Crippen LogP contribution < -0.4 is 5.32 Å². The van der Waals surface area contributed by atoms with Crippen LogP contribution in [0, 0.1) is 5.82 Å². The van der Waals surface area contributed by atoms with Gasteiger partial charge in [-0.3, -0.25) is 14.2 Å². The molecule has 2 heterocycles. The number of hydrogen-bond donors (Lipinski definition) is 1. The van der Waals surface area contributed by atoms with Crippen LogP contribution in [0.1, 0.15) is 21.7 Å². The fraction of sp³-hybridized carbons (Fsp3) is 0.188. The third kappa shape index (κ3) is 4.11. The fourth-order valence-electron chi connectivity index (χ4n) is 2.40. The van der Waals surface area contributed by atoms with E-state index >= 15 is 0 Å². The van der Waals surface area contributed by atoms with Gasteiger partial charge in [0.05, 0.1) is 18.4 Å². The molecule has 1 aromatic carbocycles. The van der Waals surface area contributed by atoms with Gasteiger partial charge in [-0.1, -0.05) is 17.7 Å². The molecule has 0 aliphatic carbocycles. The van der Waals surface area contributed by atoms with E-state index in [2.05, 4.69) is 15.5 Å². The van der Waals surface area contributed by atoms with Crippen molar-refractivity contribution in [3.8, 4) is 0 Å². The second-order valence-corrected chi connectivity index (χ2v) is 6.02. The van der Waals surface area contributed by atoms with Crippen LogP contribution >= 0.6 is 11.6 Å². The number of halogens is 5. The largest absolute Gasteiger partial charge is 0.433 e. The van der Waals surface area contributed by atoms with Crippen molar-refractivity contribution in [2.45, 2.75) is 12.7 Å². The third-order valence-corrected chi connectivity index (χ3v) is 4.03. The van der Waals surface area contributed by atoms with Gasteiger partial charge in [-0.2, -0.15) is 23.4 Å². The van der Waals surface area contributed by atoms with Crippen LogP contribution in [0.15, 0.2) is 36.7 Å². The van der Waals surface area contributed by atoms with E-state index in [0.717, 1.165) is 7.05 Å². The Labute approximate surface area is 155 Å². The smallest absolute Gasteiger partial charge is 0.318 e. The molecular formula is C16H12ClF4N5O. The lowest BCUT2D eigenvalue weighted by Gasteiger charge is -2.05. The number of nitrogens with one attached hydrogen (secondary N) is 1. The molecule has 0 radical (unpaired) electrons. The van der Waals surface area contributed by atoms with Crippen molar-refractivity contribution in [1.29, 1.82) is 0 Å². The first kappa shape index (κ1) is 18.9. The number of nitrogens with zero attached hydrogens (tertiary/aromatic N) is 4. The van der Waals surface area contributed by atoms with E-state index in [-0.39, 0.29) is 22.8 Å². The number of alkyl halides is 3. The maximum Gasteiger partial charge on any atom is 0.433 e. The number of amides is 1. The number of carbonyl (C=O) groups is 1. The van der Waals surface area contributed by atoms with Crippen LogP contribution in [0.3, 0.4) is 0 Å². The zero-order chi connectivity index (χ0) is 19.8. The first-order valence-corrected chi connectivity index (χ1v) is 7.91. The second-order valence-electron chi connectivity index (χ2n) is 5.62. The van der Waals surface area contributed by atoms with Crippen molar-refractivity contribution < 1.29 is 22.4 Å². The van der Waals surface area contributed by atoms with E-state index in [0.29, 0.717) is 10.7 Å². The van der Waals surface area contributed by atoms with Gasteiger partial charge in [-0.25, -0.2) is 4.39 Å². The van der Waals surface area contributed by atoms with Crippen molar-refractivity contribution in [2.24, 2.45) is 7.05 Å². The summed E-state index contributed by atoms with van der Waals surface area (Å²) in [5, 5.41) is 10.2. The van der Waals surface area contributed by atoms with E-state index in [1.54, 1.807) is 0 Å². The van der Waals surface area contributed by atoms with E-state index < -0.39 is 29.3 Å². The minimum atomic E-state index is -4.62. The number of anilines is 1. The molecule has 27 heavy (non-hydrogen) atoms. The number of benzene rings is 1. The zero-order valence-corrected chi connectivity index (χ0v) is 14.5. The van der Waals surface area contributed by atoms with Crippen molar-refractivity contribution in [3.63, 3.8) is 0 Å². The van der Waals surface area contributed by atoms with Gasteiger partial charge in [0.1, 0.15) is 11.5 Å². The Kier molecular flexibility index (Phi) is 4.92. The van der Waals surface area contributed by atoms with Crippen LogP contribution in [0.5, 0.6) is 0 Å². The summed E-state index contributed by atoms with van der Waals surface area (Å²) in [6.07, 6.45) is -1.95. The number of aromatic nitrogens is 4. The van der Waals surface area contributed by atoms with E-state index in [9.17, 15) is 22.4 Å². The van der Waals surface area contributed by atoms with Crippen LogP contribution in [0.2, 0.25) is 5.02 Å². The molecule has 0 spiro atoms. The van der Waals surface area contributed by atoms with E-state index in [1.807, 2.05) is 0 Å². The summed E-state index contributed by atoms with van der Waals surface area (Å²) in [6, 6.07) is 4.91. The standard InChI is InChI=1S/C16H12ClF4N5O/c1-25-14(16(19,20)21)5-13(24-25)15(27)23-9-6-22-26(7-9)8-10-11(17)3-2-4-12(10)18/h2-7H,8H2,1H3,(H,23,27). The molecule has 11 heteroatoms. The van der Waals surface area contributed by atoms with Crippen molar-refractivity contribution >= 4 is 23.2 Å². The quantitative estimate of drug-likeness (QED) is 0.677. The lowest BCUT2D eigenvalue weighted by molar-refractivity contribution is -0.143. The molecule has 3 aromatic rings. The molecule has 1 amide bonds. The van der Waals surface area contributed by atoms with Gasteiger partial charge in [0.15, 0.2) is 5.69 Å². The SMILES string of the molecule is Cn1nc(C(=O)Nc2cnn(Cc3c(F)cccc3Cl)c2)cc1C(F)(F)F. The highest BCUT2D eigenvalue weighted by atomic mass is 35.5. The van der Waals surface area contributed by atoms with E-state index in [1.165, 1.54) is 35.3 Å². The number of aryl methyl sites for hydroxylation is 1. The molecule has 0 fully saturated rings. The highest BCUT2D eigenvalue weighted by Crippen LogP contribution is 2.29. The minimum absolute atomic E-state index is 0.0170. The number of hydrogen-bond acceptors (Lipinski definition) is 3. The Balaban J connectivity index is 1.73. The van der Waals surface area contributed by atoms with Crippen molar-refractivity contribution in [3.05, 3.63) is 64.5 Å². The monoisotopic (exact) mass is 401 g/mol. The summed E-state index contributed by atoms with van der Waals surface area (Å²) < 4.78 is 54.1.